The maximum atomic E-state index is 13.1. The van der Waals surface area contributed by atoms with E-state index in [4.69, 9.17) is 15.2 Å². The van der Waals surface area contributed by atoms with Gasteiger partial charge in [-0.25, -0.2) is 0 Å². The molecular weight excluding hydrogens is 376 g/mol. The van der Waals surface area contributed by atoms with Crippen molar-refractivity contribution < 1.29 is 14.3 Å². The number of methoxy groups -OCH3 is 1. The van der Waals surface area contributed by atoms with E-state index < -0.39 is 0 Å². The average molecular weight is 403 g/mol. The summed E-state index contributed by atoms with van der Waals surface area (Å²) in [5.41, 5.74) is 7.81. The van der Waals surface area contributed by atoms with E-state index in [9.17, 15) is 4.79 Å². The van der Waals surface area contributed by atoms with Crippen molar-refractivity contribution in [3.8, 4) is 11.5 Å². The lowest BCUT2D eigenvalue weighted by Crippen LogP contribution is -2.29. The molecule has 0 aliphatic carbocycles. The van der Waals surface area contributed by atoms with Crippen molar-refractivity contribution in [3.63, 3.8) is 0 Å². The number of amides is 1. The molecule has 1 saturated heterocycles. The molecule has 0 radical (unpaired) electrons. The summed E-state index contributed by atoms with van der Waals surface area (Å²) in [6.45, 7) is 5.90. The molecule has 1 aliphatic rings. The van der Waals surface area contributed by atoms with Crippen molar-refractivity contribution in [1.29, 1.82) is 0 Å². The van der Waals surface area contributed by atoms with E-state index in [1.807, 2.05) is 23.1 Å². The Hall–Kier alpha value is -2.50. The molecule has 3 rings (SSSR count). The molecule has 0 aromatic heterocycles. The van der Waals surface area contributed by atoms with Crippen LogP contribution in [-0.4, -0.2) is 44.2 Å². The number of likely N-dealkylation sites (tertiary alicyclic amines) is 1. The molecule has 6 heteroatoms. The first-order valence-corrected chi connectivity index (χ1v) is 9.14. The average Bonchev–Trinajstić information content (AvgIpc) is 3.16. The van der Waals surface area contributed by atoms with Gasteiger partial charge in [-0.15, -0.1) is 12.4 Å². The number of carbonyl (C=O) groups is 1. The highest BCUT2D eigenvalue weighted by atomic mass is 35.5. The first kappa shape index (κ1) is 21.8. The Bertz CT molecular complexity index is 798. The molecule has 5 nitrogen and oxygen atoms in total. The molecule has 2 aromatic carbocycles. The van der Waals surface area contributed by atoms with Crippen LogP contribution in [0, 0.1) is 5.92 Å². The maximum absolute atomic E-state index is 13.1. The molecule has 2 N–H and O–H groups in total. The van der Waals surface area contributed by atoms with Crippen molar-refractivity contribution in [3.05, 3.63) is 72.3 Å². The largest absolute Gasteiger partial charge is 0.493 e. The summed E-state index contributed by atoms with van der Waals surface area (Å²) in [6.07, 6.45) is 1.67. The van der Waals surface area contributed by atoms with Gasteiger partial charge in [-0.2, -0.15) is 0 Å². The van der Waals surface area contributed by atoms with Gasteiger partial charge in [0.15, 0.2) is 11.5 Å². The fourth-order valence-electron chi connectivity index (χ4n) is 3.60. The van der Waals surface area contributed by atoms with Crippen LogP contribution in [0.5, 0.6) is 11.5 Å². The van der Waals surface area contributed by atoms with Crippen molar-refractivity contribution in [2.45, 2.75) is 5.92 Å². The molecular formula is C22H27ClN2O3. The van der Waals surface area contributed by atoms with Crippen molar-refractivity contribution in [2.75, 3.05) is 33.4 Å². The minimum absolute atomic E-state index is 0. The number of nitrogens with zero attached hydrogens (tertiary/aromatic N) is 1. The van der Waals surface area contributed by atoms with E-state index in [1.165, 1.54) is 5.56 Å². The molecule has 0 saturated carbocycles. The Morgan fingerprint density at radius 2 is 1.96 bits per heavy atom. The van der Waals surface area contributed by atoms with Gasteiger partial charge in [0, 0.05) is 24.6 Å². The Morgan fingerprint density at radius 1 is 1.21 bits per heavy atom. The van der Waals surface area contributed by atoms with E-state index in [2.05, 4.69) is 18.7 Å². The van der Waals surface area contributed by atoms with Gasteiger partial charge in [0.05, 0.1) is 7.11 Å². The van der Waals surface area contributed by atoms with Crippen LogP contribution in [0.2, 0.25) is 0 Å². The fraction of sp³-hybridized carbons (Fsp3) is 0.318. The molecule has 2 atom stereocenters. The van der Waals surface area contributed by atoms with Gasteiger partial charge in [-0.1, -0.05) is 43.0 Å². The standard InChI is InChI=1S/C22H26N2O3.ClH/c1-3-11-27-20-10-9-17(12-21(20)26-2)22(25)24-14-18(13-23)19(15-24)16-7-5-4-6-8-16;/h3-10,12,18-19H,1,11,13-15,23H2,2H3;1H/t18-,19+;/m1./s1. The lowest BCUT2D eigenvalue weighted by molar-refractivity contribution is 0.0786. The third-order valence-corrected chi connectivity index (χ3v) is 5.03. The lowest BCUT2D eigenvalue weighted by atomic mass is 9.89. The van der Waals surface area contributed by atoms with Gasteiger partial charge in [0.25, 0.3) is 5.91 Å². The zero-order valence-electron chi connectivity index (χ0n) is 16.0. The first-order chi connectivity index (χ1) is 13.2. The molecule has 0 spiro atoms. The molecule has 0 unspecified atom stereocenters. The Balaban J connectivity index is 0.00000280. The Morgan fingerprint density at radius 3 is 2.61 bits per heavy atom. The van der Waals surface area contributed by atoms with E-state index in [0.29, 0.717) is 43.3 Å². The molecule has 1 aliphatic heterocycles. The molecule has 1 amide bonds. The number of hydrogen-bond acceptors (Lipinski definition) is 4. The number of rotatable bonds is 7. The summed E-state index contributed by atoms with van der Waals surface area (Å²) in [5.74, 6) is 1.64. The Labute approximate surface area is 172 Å². The number of ether oxygens (including phenoxy) is 2. The zero-order chi connectivity index (χ0) is 19.2. The number of carbonyl (C=O) groups excluding carboxylic acids is 1. The minimum Gasteiger partial charge on any atom is -0.493 e. The molecule has 0 bridgehead atoms. The number of benzene rings is 2. The lowest BCUT2D eigenvalue weighted by Gasteiger charge is -2.18. The van der Waals surface area contributed by atoms with Gasteiger partial charge in [0.1, 0.15) is 6.61 Å². The second-order valence-electron chi connectivity index (χ2n) is 6.69. The summed E-state index contributed by atoms with van der Waals surface area (Å²) in [4.78, 5) is 14.9. The summed E-state index contributed by atoms with van der Waals surface area (Å²) >= 11 is 0. The fourth-order valence-corrected chi connectivity index (χ4v) is 3.60. The Kier molecular flexibility index (Phi) is 7.91. The van der Waals surface area contributed by atoms with E-state index >= 15 is 0 Å². The summed E-state index contributed by atoms with van der Waals surface area (Å²) < 4.78 is 10.9. The van der Waals surface area contributed by atoms with Crippen LogP contribution in [0.3, 0.4) is 0 Å². The predicted molar refractivity (Wildman–Crippen MR) is 114 cm³/mol. The van der Waals surface area contributed by atoms with Gasteiger partial charge in [-0.3, -0.25) is 4.79 Å². The van der Waals surface area contributed by atoms with Crippen LogP contribution in [0.4, 0.5) is 0 Å². The molecule has 150 valence electrons. The topological polar surface area (TPSA) is 64.8 Å². The summed E-state index contributed by atoms with van der Waals surface area (Å²) in [5, 5.41) is 0. The monoisotopic (exact) mass is 402 g/mol. The van der Waals surface area contributed by atoms with Gasteiger partial charge in [-0.05, 0) is 36.2 Å². The van der Waals surface area contributed by atoms with E-state index in [0.717, 1.165) is 0 Å². The highest BCUT2D eigenvalue weighted by Gasteiger charge is 2.35. The van der Waals surface area contributed by atoms with Crippen LogP contribution >= 0.6 is 12.4 Å². The van der Waals surface area contributed by atoms with Crippen LogP contribution < -0.4 is 15.2 Å². The first-order valence-electron chi connectivity index (χ1n) is 9.14. The van der Waals surface area contributed by atoms with Crippen LogP contribution in [-0.2, 0) is 0 Å². The predicted octanol–water partition coefficient (Wildman–Crippen LogP) is 3.50. The molecule has 1 heterocycles. The quantitative estimate of drug-likeness (QED) is 0.720. The number of nitrogens with two attached hydrogens (primary N) is 1. The SMILES string of the molecule is C=CCOc1ccc(C(=O)N2C[C@@H](CN)[C@H](c3ccccc3)C2)cc1OC.Cl. The second-order valence-corrected chi connectivity index (χ2v) is 6.69. The van der Waals surface area contributed by atoms with Gasteiger partial charge >= 0.3 is 0 Å². The third-order valence-electron chi connectivity index (χ3n) is 5.03. The van der Waals surface area contributed by atoms with Gasteiger partial charge in [0.2, 0.25) is 0 Å². The molecule has 2 aromatic rings. The highest BCUT2D eigenvalue weighted by Crippen LogP contribution is 2.34. The van der Waals surface area contributed by atoms with Crippen molar-refractivity contribution in [2.24, 2.45) is 11.7 Å². The van der Waals surface area contributed by atoms with Crippen molar-refractivity contribution in [1.82, 2.24) is 4.90 Å². The van der Waals surface area contributed by atoms with E-state index in [1.54, 1.807) is 31.4 Å². The second kappa shape index (κ2) is 10.2. The normalized spacial score (nSPS) is 18.3. The number of hydrogen-bond donors (Lipinski definition) is 1. The maximum Gasteiger partial charge on any atom is 0.254 e. The third kappa shape index (κ3) is 4.66. The van der Waals surface area contributed by atoms with Crippen LogP contribution in [0.15, 0.2) is 61.2 Å². The van der Waals surface area contributed by atoms with Crippen LogP contribution in [0.25, 0.3) is 0 Å². The smallest absolute Gasteiger partial charge is 0.254 e. The van der Waals surface area contributed by atoms with E-state index in [-0.39, 0.29) is 30.2 Å². The van der Waals surface area contributed by atoms with Crippen molar-refractivity contribution >= 4 is 18.3 Å². The zero-order valence-corrected chi connectivity index (χ0v) is 16.9. The van der Waals surface area contributed by atoms with Gasteiger partial charge < -0.3 is 20.1 Å². The van der Waals surface area contributed by atoms with Crippen LogP contribution in [0.1, 0.15) is 21.8 Å². The number of halogens is 1. The highest BCUT2D eigenvalue weighted by molar-refractivity contribution is 5.95. The molecule has 1 fully saturated rings. The molecule has 28 heavy (non-hydrogen) atoms. The minimum atomic E-state index is -0.0135. The summed E-state index contributed by atoms with van der Waals surface area (Å²) in [6, 6.07) is 15.5. The summed E-state index contributed by atoms with van der Waals surface area (Å²) in [7, 11) is 1.57.